The smallest absolute Gasteiger partial charge is 0.0626 e. The van der Waals surface area contributed by atoms with Crippen molar-refractivity contribution in [1.82, 2.24) is 10.6 Å². The lowest BCUT2D eigenvalue weighted by Gasteiger charge is -2.37. The van der Waals surface area contributed by atoms with Crippen molar-refractivity contribution >= 4 is 0 Å². The molecule has 0 amide bonds. The normalized spacial score (nSPS) is 16.4. The number of nitrogens with one attached hydrogen (secondary N) is 2. The van der Waals surface area contributed by atoms with Crippen LogP contribution in [-0.2, 0) is 0 Å². The zero-order valence-electron chi connectivity index (χ0n) is 11.5. The minimum absolute atomic E-state index is 0.318. The summed E-state index contributed by atoms with van der Waals surface area (Å²) in [6.45, 7) is 14.7. The molecule has 0 fully saturated rings. The van der Waals surface area contributed by atoms with Crippen molar-refractivity contribution in [2.75, 3.05) is 6.54 Å². The largest absolute Gasteiger partial charge is 0.301 e. The van der Waals surface area contributed by atoms with E-state index in [2.05, 4.69) is 52.2 Å². The van der Waals surface area contributed by atoms with E-state index >= 15 is 0 Å². The van der Waals surface area contributed by atoms with E-state index in [1.807, 2.05) is 0 Å². The van der Waals surface area contributed by atoms with Crippen LogP contribution in [0.5, 0.6) is 0 Å². The molecule has 2 unspecified atom stereocenters. The highest BCUT2D eigenvalue weighted by molar-refractivity contribution is 4.82. The molecule has 0 spiro atoms. The highest BCUT2D eigenvalue weighted by atomic mass is 15.1. The zero-order valence-corrected chi connectivity index (χ0v) is 11.5. The van der Waals surface area contributed by atoms with Crippen LogP contribution in [0.2, 0.25) is 0 Å². The van der Waals surface area contributed by atoms with Gasteiger partial charge < -0.3 is 5.32 Å². The molecule has 0 aromatic rings. The van der Waals surface area contributed by atoms with E-state index in [4.69, 9.17) is 0 Å². The van der Waals surface area contributed by atoms with E-state index in [1.165, 1.54) is 19.3 Å². The standard InChI is InChI=1S/C13H30N2/c1-7-10-14-12(13(5,6)9-3)15-11(4)8-2/h11-12,14-15H,7-10H2,1-6H3. The summed E-state index contributed by atoms with van der Waals surface area (Å²) in [5.41, 5.74) is 0.318. The summed E-state index contributed by atoms with van der Waals surface area (Å²) >= 11 is 0. The Morgan fingerprint density at radius 1 is 1.13 bits per heavy atom. The Bertz CT molecular complexity index is 155. The molecule has 0 saturated carbocycles. The van der Waals surface area contributed by atoms with E-state index in [-0.39, 0.29) is 0 Å². The Balaban J connectivity index is 4.29. The van der Waals surface area contributed by atoms with Gasteiger partial charge >= 0.3 is 0 Å². The lowest BCUT2D eigenvalue weighted by molar-refractivity contribution is 0.180. The maximum absolute atomic E-state index is 3.68. The van der Waals surface area contributed by atoms with Gasteiger partial charge in [-0.25, -0.2) is 0 Å². The van der Waals surface area contributed by atoms with Crippen LogP contribution in [0.1, 0.15) is 60.8 Å². The first-order chi connectivity index (χ1) is 6.97. The third-order valence-corrected chi connectivity index (χ3v) is 3.35. The van der Waals surface area contributed by atoms with Gasteiger partial charge in [-0.05, 0) is 38.1 Å². The molecular formula is C13H30N2. The van der Waals surface area contributed by atoms with Crippen LogP contribution in [0.15, 0.2) is 0 Å². The van der Waals surface area contributed by atoms with Crippen LogP contribution in [0.3, 0.4) is 0 Å². The molecule has 0 heterocycles. The van der Waals surface area contributed by atoms with Gasteiger partial charge in [-0.15, -0.1) is 0 Å². The second-order valence-electron chi connectivity index (χ2n) is 5.21. The van der Waals surface area contributed by atoms with Gasteiger partial charge in [0.1, 0.15) is 0 Å². The highest BCUT2D eigenvalue weighted by Crippen LogP contribution is 2.23. The summed E-state index contributed by atoms with van der Waals surface area (Å²) in [6.07, 6.45) is 4.00. The minimum Gasteiger partial charge on any atom is -0.301 e. The topological polar surface area (TPSA) is 24.1 Å². The van der Waals surface area contributed by atoms with Gasteiger partial charge in [-0.2, -0.15) is 0 Å². The molecule has 92 valence electrons. The fraction of sp³-hybridized carbons (Fsp3) is 1.00. The average molecular weight is 214 g/mol. The summed E-state index contributed by atoms with van der Waals surface area (Å²) in [7, 11) is 0. The van der Waals surface area contributed by atoms with Gasteiger partial charge in [-0.3, -0.25) is 5.32 Å². The van der Waals surface area contributed by atoms with Crippen molar-refractivity contribution in [3.63, 3.8) is 0 Å². The average Bonchev–Trinajstić information content (AvgIpc) is 2.23. The van der Waals surface area contributed by atoms with Crippen molar-refractivity contribution in [3.8, 4) is 0 Å². The fourth-order valence-electron chi connectivity index (χ4n) is 1.46. The Hall–Kier alpha value is -0.0800. The van der Waals surface area contributed by atoms with Gasteiger partial charge in [0.2, 0.25) is 0 Å². The molecule has 0 radical (unpaired) electrons. The second kappa shape index (κ2) is 7.24. The van der Waals surface area contributed by atoms with Gasteiger partial charge in [0.15, 0.2) is 0 Å². The lowest BCUT2D eigenvalue weighted by Crippen LogP contribution is -2.54. The van der Waals surface area contributed by atoms with Crippen LogP contribution >= 0.6 is 0 Å². The third-order valence-electron chi connectivity index (χ3n) is 3.35. The van der Waals surface area contributed by atoms with Gasteiger partial charge in [0.25, 0.3) is 0 Å². The fourth-order valence-corrected chi connectivity index (χ4v) is 1.46. The second-order valence-corrected chi connectivity index (χ2v) is 5.21. The van der Waals surface area contributed by atoms with Crippen LogP contribution < -0.4 is 10.6 Å². The van der Waals surface area contributed by atoms with Crippen molar-refractivity contribution in [2.24, 2.45) is 5.41 Å². The van der Waals surface area contributed by atoms with E-state index in [9.17, 15) is 0 Å². The molecule has 0 aromatic heterocycles. The van der Waals surface area contributed by atoms with Crippen LogP contribution in [0.4, 0.5) is 0 Å². The Labute approximate surface area is 96.2 Å². The number of hydrogen-bond donors (Lipinski definition) is 2. The first-order valence-electron chi connectivity index (χ1n) is 6.47. The Morgan fingerprint density at radius 3 is 2.13 bits per heavy atom. The van der Waals surface area contributed by atoms with Crippen molar-refractivity contribution < 1.29 is 0 Å². The van der Waals surface area contributed by atoms with Gasteiger partial charge in [0, 0.05) is 6.04 Å². The molecule has 0 rings (SSSR count). The van der Waals surface area contributed by atoms with Crippen molar-refractivity contribution in [3.05, 3.63) is 0 Å². The molecule has 2 atom stereocenters. The first-order valence-corrected chi connectivity index (χ1v) is 6.47. The summed E-state index contributed by atoms with van der Waals surface area (Å²) < 4.78 is 0. The molecule has 0 aliphatic rings. The molecule has 0 bridgehead atoms. The summed E-state index contributed by atoms with van der Waals surface area (Å²) in [5, 5.41) is 7.30. The number of hydrogen-bond acceptors (Lipinski definition) is 2. The molecule has 0 saturated heterocycles. The molecule has 15 heavy (non-hydrogen) atoms. The Morgan fingerprint density at radius 2 is 1.73 bits per heavy atom. The molecule has 0 aliphatic heterocycles. The van der Waals surface area contributed by atoms with E-state index in [0.717, 1.165) is 6.54 Å². The van der Waals surface area contributed by atoms with Crippen LogP contribution in [0, 0.1) is 5.41 Å². The molecule has 2 nitrogen and oxygen atoms in total. The number of rotatable bonds is 8. The summed E-state index contributed by atoms with van der Waals surface area (Å²) in [5.74, 6) is 0. The lowest BCUT2D eigenvalue weighted by atomic mass is 9.86. The molecular weight excluding hydrogens is 184 g/mol. The van der Waals surface area contributed by atoms with E-state index in [0.29, 0.717) is 17.6 Å². The Kier molecular flexibility index (Phi) is 7.20. The monoisotopic (exact) mass is 214 g/mol. The van der Waals surface area contributed by atoms with Crippen molar-refractivity contribution in [2.45, 2.75) is 73.0 Å². The maximum atomic E-state index is 3.68. The SMILES string of the molecule is CCCNC(NC(C)CC)C(C)(C)CC. The summed E-state index contributed by atoms with van der Waals surface area (Å²) in [6, 6.07) is 0.588. The van der Waals surface area contributed by atoms with E-state index < -0.39 is 0 Å². The zero-order chi connectivity index (χ0) is 11.9. The first kappa shape index (κ1) is 14.9. The molecule has 2 heteroatoms. The van der Waals surface area contributed by atoms with Gasteiger partial charge in [0.05, 0.1) is 6.17 Å². The third kappa shape index (κ3) is 5.53. The minimum atomic E-state index is 0.318. The van der Waals surface area contributed by atoms with Crippen LogP contribution in [0.25, 0.3) is 0 Å². The van der Waals surface area contributed by atoms with Gasteiger partial charge in [-0.1, -0.05) is 34.6 Å². The van der Waals surface area contributed by atoms with E-state index in [1.54, 1.807) is 0 Å². The summed E-state index contributed by atoms with van der Waals surface area (Å²) in [4.78, 5) is 0. The quantitative estimate of drug-likeness (QED) is 0.607. The molecule has 2 N–H and O–H groups in total. The predicted octanol–water partition coefficient (Wildman–Crippen LogP) is 3.14. The maximum Gasteiger partial charge on any atom is 0.0626 e. The highest BCUT2D eigenvalue weighted by Gasteiger charge is 2.27. The molecule has 0 aromatic carbocycles. The van der Waals surface area contributed by atoms with Crippen LogP contribution in [-0.4, -0.2) is 18.8 Å². The van der Waals surface area contributed by atoms with Crippen molar-refractivity contribution in [1.29, 1.82) is 0 Å². The predicted molar refractivity (Wildman–Crippen MR) is 69.0 cm³/mol. The molecule has 0 aliphatic carbocycles.